The van der Waals surface area contributed by atoms with E-state index < -0.39 is 0 Å². The summed E-state index contributed by atoms with van der Waals surface area (Å²) in [6.45, 7) is 5.51. The van der Waals surface area contributed by atoms with E-state index in [1.165, 1.54) is 50.0 Å². The zero-order chi connectivity index (χ0) is 17.6. The summed E-state index contributed by atoms with van der Waals surface area (Å²) >= 11 is 1.89. The van der Waals surface area contributed by atoms with E-state index in [2.05, 4.69) is 39.8 Å². The Balaban J connectivity index is 1.46. The fourth-order valence-corrected chi connectivity index (χ4v) is 4.92. The van der Waals surface area contributed by atoms with Gasteiger partial charge in [-0.15, -0.1) is 0 Å². The van der Waals surface area contributed by atoms with Gasteiger partial charge in [-0.25, -0.2) is 4.98 Å². The SMILES string of the molecule is c1ccc(-c2cnc(SCCN3CCCCC3)n2CC2CCCO2)cc1. The van der Waals surface area contributed by atoms with Crippen LogP contribution in [0.2, 0.25) is 0 Å². The van der Waals surface area contributed by atoms with Crippen LogP contribution in [0, 0.1) is 0 Å². The molecule has 140 valence electrons. The van der Waals surface area contributed by atoms with Gasteiger partial charge < -0.3 is 14.2 Å². The molecule has 4 nitrogen and oxygen atoms in total. The van der Waals surface area contributed by atoms with Crippen LogP contribution >= 0.6 is 11.8 Å². The molecule has 0 N–H and O–H groups in total. The van der Waals surface area contributed by atoms with Gasteiger partial charge in [-0.05, 0) is 44.3 Å². The molecule has 2 aromatic rings. The highest BCUT2D eigenvalue weighted by atomic mass is 32.2. The molecule has 0 radical (unpaired) electrons. The summed E-state index contributed by atoms with van der Waals surface area (Å²) in [4.78, 5) is 7.37. The maximum absolute atomic E-state index is 5.91. The first-order valence-corrected chi connectivity index (χ1v) is 11.0. The number of imidazole rings is 1. The first kappa shape index (κ1) is 18.1. The van der Waals surface area contributed by atoms with Crippen LogP contribution in [0.15, 0.2) is 41.7 Å². The lowest BCUT2D eigenvalue weighted by Crippen LogP contribution is -2.31. The average molecular weight is 372 g/mol. The fraction of sp³-hybridized carbons (Fsp3) is 0.571. The summed E-state index contributed by atoms with van der Waals surface area (Å²) in [6.07, 6.45) is 8.81. The van der Waals surface area contributed by atoms with Gasteiger partial charge in [0.2, 0.25) is 0 Å². The molecule has 5 heteroatoms. The molecule has 0 amide bonds. The Kier molecular flexibility index (Phi) is 6.31. The Hall–Kier alpha value is -1.30. The monoisotopic (exact) mass is 371 g/mol. The molecule has 1 aromatic heterocycles. The smallest absolute Gasteiger partial charge is 0.168 e. The van der Waals surface area contributed by atoms with E-state index in [1.54, 1.807) is 0 Å². The second-order valence-electron chi connectivity index (χ2n) is 7.29. The average Bonchev–Trinajstić information content (AvgIpc) is 3.34. The summed E-state index contributed by atoms with van der Waals surface area (Å²) in [7, 11) is 0. The molecule has 1 atom stereocenters. The van der Waals surface area contributed by atoms with Crippen molar-refractivity contribution in [1.29, 1.82) is 0 Å². The predicted molar refractivity (Wildman–Crippen MR) is 108 cm³/mol. The van der Waals surface area contributed by atoms with Crippen molar-refractivity contribution in [2.75, 3.05) is 32.0 Å². The third kappa shape index (κ3) is 4.51. The molecule has 2 saturated heterocycles. The topological polar surface area (TPSA) is 30.3 Å². The largest absolute Gasteiger partial charge is 0.376 e. The van der Waals surface area contributed by atoms with Gasteiger partial charge in [0.15, 0.2) is 5.16 Å². The van der Waals surface area contributed by atoms with Gasteiger partial charge in [-0.1, -0.05) is 48.5 Å². The van der Waals surface area contributed by atoms with Gasteiger partial charge in [0.1, 0.15) is 0 Å². The third-order valence-electron chi connectivity index (χ3n) is 5.39. The minimum absolute atomic E-state index is 0.327. The second kappa shape index (κ2) is 9.07. The van der Waals surface area contributed by atoms with E-state index >= 15 is 0 Å². The van der Waals surface area contributed by atoms with Crippen molar-refractivity contribution in [2.24, 2.45) is 0 Å². The minimum Gasteiger partial charge on any atom is -0.376 e. The molecular weight excluding hydrogens is 342 g/mol. The molecule has 4 rings (SSSR count). The van der Waals surface area contributed by atoms with Gasteiger partial charge in [0.25, 0.3) is 0 Å². The van der Waals surface area contributed by atoms with Crippen molar-refractivity contribution in [2.45, 2.75) is 49.9 Å². The fourth-order valence-electron chi connectivity index (χ4n) is 3.93. The van der Waals surface area contributed by atoms with Crippen LogP contribution in [0.25, 0.3) is 11.3 Å². The molecule has 26 heavy (non-hydrogen) atoms. The standard InChI is InChI=1S/C21H29N3OS/c1-3-8-18(9-4-1)20-16-22-21(24(20)17-19-10-7-14-25-19)26-15-13-23-11-5-2-6-12-23/h1,3-4,8-9,16,19H,2,5-7,10-15,17H2. The number of ether oxygens (including phenoxy) is 1. The first-order valence-electron chi connectivity index (χ1n) is 9.98. The number of rotatable bonds is 7. The maximum Gasteiger partial charge on any atom is 0.168 e. The lowest BCUT2D eigenvalue weighted by atomic mass is 10.1. The quantitative estimate of drug-likeness (QED) is 0.679. The van der Waals surface area contributed by atoms with Crippen molar-refractivity contribution in [3.63, 3.8) is 0 Å². The number of aromatic nitrogens is 2. The van der Waals surface area contributed by atoms with E-state index in [1.807, 2.05) is 18.0 Å². The number of likely N-dealkylation sites (tertiary alicyclic amines) is 1. The van der Waals surface area contributed by atoms with E-state index in [9.17, 15) is 0 Å². The summed E-state index contributed by atoms with van der Waals surface area (Å²) in [5.41, 5.74) is 2.45. The van der Waals surface area contributed by atoms with E-state index in [0.29, 0.717) is 6.10 Å². The van der Waals surface area contributed by atoms with E-state index in [-0.39, 0.29) is 0 Å². The van der Waals surface area contributed by atoms with Crippen LogP contribution in [0.1, 0.15) is 32.1 Å². The van der Waals surface area contributed by atoms with Crippen molar-refractivity contribution < 1.29 is 4.74 Å². The van der Waals surface area contributed by atoms with Gasteiger partial charge in [-0.2, -0.15) is 0 Å². The number of piperidine rings is 1. The van der Waals surface area contributed by atoms with Gasteiger partial charge >= 0.3 is 0 Å². The normalized spacial score (nSPS) is 21.3. The molecule has 3 heterocycles. The van der Waals surface area contributed by atoms with Crippen LogP contribution in [0.4, 0.5) is 0 Å². The molecule has 0 aliphatic carbocycles. The molecular formula is C21H29N3OS. The van der Waals surface area contributed by atoms with Crippen LogP contribution in [0.5, 0.6) is 0 Å². The molecule has 2 fully saturated rings. The summed E-state index contributed by atoms with van der Waals surface area (Å²) in [5.74, 6) is 1.11. The van der Waals surface area contributed by atoms with Gasteiger partial charge in [0, 0.05) is 18.9 Å². The molecule has 0 saturated carbocycles. The first-order chi connectivity index (χ1) is 12.9. The van der Waals surface area contributed by atoms with Crippen LogP contribution < -0.4 is 0 Å². The Morgan fingerprint density at radius 2 is 1.92 bits per heavy atom. The highest BCUT2D eigenvalue weighted by Crippen LogP contribution is 2.28. The van der Waals surface area contributed by atoms with E-state index in [0.717, 1.165) is 37.0 Å². The molecule has 1 aromatic carbocycles. The molecule has 0 spiro atoms. The Bertz CT molecular complexity index is 676. The summed E-state index contributed by atoms with van der Waals surface area (Å²) in [6, 6.07) is 10.6. The minimum atomic E-state index is 0.327. The Morgan fingerprint density at radius 1 is 1.08 bits per heavy atom. The van der Waals surface area contributed by atoms with Crippen LogP contribution in [0.3, 0.4) is 0 Å². The number of thioether (sulfide) groups is 1. The Morgan fingerprint density at radius 3 is 2.69 bits per heavy atom. The van der Waals surface area contributed by atoms with Crippen LogP contribution in [-0.4, -0.2) is 52.5 Å². The number of hydrogen-bond acceptors (Lipinski definition) is 4. The molecule has 2 aliphatic rings. The number of hydrogen-bond donors (Lipinski definition) is 0. The van der Waals surface area contributed by atoms with Gasteiger partial charge in [0.05, 0.1) is 24.5 Å². The molecule has 1 unspecified atom stereocenters. The maximum atomic E-state index is 5.91. The summed E-state index contributed by atoms with van der Waals surface area (Å²) < 4.78 is 8.29. The molecule has 2 aliphatic heterocycles. The van der Waals surface area contributed by atoms with E-state index in [4.69, 9.17) is 9.72 Å². The van der Waals surface area contributed by atoms with Crippen molar-refractivity contribution >= 4 is 11.8 Å². The van der Waals surface area contributed by atoms with Gasteiger partial charge in [-0.3, -0.25) is 0 Å². The zero-order valence-corrected chi connectivity index (χ0v) is 16.3. The Labute approximate surface area is 160 Å². The number of benzene rings is 1. The highest BCUT2D eigenvalue weighted by molar-refractivity contribution is 7.99. The third-order valence-corrected chi connectivity index (χ3v) is 6.36. The zero-order valence-electron chi connectivity index (χ0n) is 15.5. The van der Waals surface area contributed by atoms with Crippen molar-refractivity contribution in [1.82, 2.24) is 14.5 Å². The van der Waals surface area contributed by atoms with Crippen LogP contribution in [-0.2, 0) is 11.3 Å². The second-order valence-corrected chi connectivity index (χ2v) is 8.35. The molecule has 0 bridgehead atoms. The lowest BCUT2D eigenvalue weighted by molar-refractivity contribution is 0.0954. The lowest BCUT2D eigenvalue weighted by Gasteiger charge is -2.26. The van der Waals surface area contributed by atoms with Crippen molar-refractivity contribution in [3.8, 4) is 11.3 Å². The predicted octanol–water partition coefficient (Wildman–Crippen LogP) is 4.31. The number of nitrogens with zero attached hydrogens (tertiary/aromatic N) is 3. The van der Waals surface area contributed by atoms with Crippen molar-refractivity contribution in [3.05, 3.63) is 36.5 Å². The highest BCUT2D eigenvalue weighted by Gasteiger charge is 2.21. The summed E-state index contributed by atoms with van der Waals surface area (Å²) in [5, 5.41) is 1.14.